The van der Waals surface area contributed by atoms with E-state index in [1.165, 1.54) is 18.2 Å². The standard InChI is InChI=1S/C17H19N3O3S/c1-19(2)16(14-8-9-24-12-14)11-18-17(21)7-6-13-4-3-5-15(10-13)20(22)23/h3-10,12,16H,11H2,1-2H3,(H,18,21). The second-order valence-electron chi connectivity index (χ2n) is 5.47. The summed E-state index contributed by atoms with van der Waals surface area (Å²) in [4.78, 5) is 24.3. The average Bonchev–Trinajstić information content (AvgIpc) is 3.07. The van der Waals surface area contributed by atoms with Crippen LogP contribution in [0.1, 0.15) is 17.2 Å². The van der Waals surface area contributed by atoms with Gasteiger partial charge in [0.1, 0.15) is 0 Å². The highest BCUT2D eigenvalue weighted by Crippen LogP contribution is 2.20. The third kappa shape index (κ3) is 5.00. The van der Waals surface area contributed by atoms with Crippen LogP contribution in [-0.4, -0.2) is 36.4 Å². The van der Waals surface area contributed by atoms with E-state index in [0.717, 1.165) is 5.56 Å². The Kier molecular flexibility index (Phi) is 6.22. The summed E-state index contributed by atoms with van der Waals surface area (Å²) in [6.07, 6.45) is 2.96. The maximum atomic E-state index is 12.0. The van der Waals surface area contributed by atoms with E-state index in [-0.39, 0.29) is 17.6 Å². The lowest BCUT2D eigenvalue weighted by Crippen LogP contribution is -2.33. The topological polar surface area (TPSA) is 75.5 Å². The van der Waals surface area contributed by atoms with E-state index in [1.807, 2.05) is 30.4 Å². The minimum atomic E-state index is -0.458. The molecule has 0 radical (unpaired) electrons. The van der Waals surface area contributed by atoms with Gasteiger partial charge in [-0.05, 0) is 48.1 Å². The van der Waals surface area contributed by atoms with Crippen molar-refractivity contribution in [2.75, 3.05) is 20.6 Å². The van der Waals surface area contributed by atoms with Crippen molar-refractivity contribution in [3.05, 3.63) is 68.4 Å². The van der Waals surface area contributed by atoms with E-state index in [4.69, 9.17) is 0 Å². The van der Waals surface area contributed by atoms with Gasteiger partial charge in [-0.3, -0.25) is 14.9 Å². The number of benzene rings is 1. The second-order valence-corrected chi connectivity index (χ2v) is 6.25. The molecule has 0 saturated carbocycles. The van der Waals surface area contributed by atoms with Crippen molar-refractivity contribution in [2.24, 2.45) is 0 Å². The molecule has 2 rings (SSSR count). The summed E-state index contributed by atoms with van der Waals surface area (Å²) in [5.74, 6) is -0.233. The van der Waals surface area contributed by atoms with Gasteiger partial charge in [0.2, 0.25) is 5.91 Å². The summed E-state index contributed by atoms with van der Waals surface area (Å²) >= 11 is 1.62. The Morgan fingerprint density at radius 2 is 2.21 bits per heavy atom. The normalized spacial score (nSPS) is 12.5. The van der Waals surface area contributed by atoms with Crippen molar-refractivity contribution in [3.8, 4) is 0 Å². The quantitative estimate of drug-likeness (QED) is 0.475. The number of rotatable bonds is 7. The molecule has 0 aliphatic carbocycles. The molecule has 1 N–H and O–H groups in total. The molecule has 0 bridgehead atoms. The number of nitro groups is 1. The molecule has 0 saturated heterocycles. The number of likely N-dealkylation sites (N-methyl/N-ethyl adjacent to an activating group) is 1. The Morgan fingerprint density at radius 1 is 1.42 bits per heavy atom. The van der Waals surface area contributed by atoms with Gasteiger partial charge < -0.3 is 10.2 Å². The molecule has 2 aromatic rings. The third-order valence-electron chi connectivity index (χ3n) is 3.53. The summed E-state index contributed by atoms with van der Waals surface area (Å²) in [6.45, 7) is 0.488. The zero-order valence-electron chi connectivity index (χ0n) is 13.5. The molecular formula is C17H19N3O3S. The molecule has 0 spiro atoms. The van der Waals surface area contributed by atoms with Gasteiger partial charge in [0, 0.05) is 24.8 Å². The van der Waals surface area contributed by atoms with Crippen LogP contribution in [0.5, 0.6) is 0 Å². The Bertz CT molecular complexity index is 726. The van der Waals surface area contributed by atoms with Gasteiger partial charge in [0.05, 0.1) is 11.0 Å². The molecule has 126 valence electrons. The number of carbonyl (C=O) groups excluding carboxylic acids is 1. The highest BCUT2D eigenvalue weighted by atomic mass is 32.1. The van der Waals surface area contributed by atoms with Crippen molar-refractivity contribution in [1.82, 2.24) is 10.2 Å². The van der Waals surface area contributed by atoms with Gasteiger partial charge in [-0.15, -0.1) is 0 Å². The molecule has 1 unspecified atom stereocenters. The highest BCUT2D eigenvalue weighted by molar-refractivity contribution is 7.07. The zero-order chi connectivity index (χ0) is 17.5. The number of nitrogens with one attached hydrogen (secondary N) is 1. The zero-order valence-corrected chi connectivity index (χ0v) is 14.3. The molecule has 1 amide bonds. The number of hydrogen-bond donors (Lipinski definition) is 1. The SMILES string of the molecule is CN(C)C(CNC(=O)C=Cc1cccc([N+](=O)[O-])c1)c1ccsc1. The third-order valence-corrected chi connectivity index (χ3v) is 4.23. The van der Waals surface area contributed by atoms with Crippen molar-refractivity contribution >= 4 is 29.0 Å². The molecule has 0 fully saturated rings. The highest BCUT2D eigenvalue weighted by Gasteiger charge is 2.14. The lowest BCUT2D eigenvalue weighted by atomic mass is 10.1. The van der Waals surface area contributed by atoms with Crippen molar-refractivity contribution in [2.45, 2.75) is 6.04 Å². The van der Waals surface area contributed by atoms with Gasteiger partial charge in [-0.2, -0.15) is 11.3 Å². The number of nitro benzene ring substituents is 1. The van der Waals surface area contributed by atoms with Crippen LogP contribution >= 0.6 is 11.3 Å². The largest absolute Gasteiger partial charge is 0.351 e. The van der Waals surface area contributed by atoms with Crippen LogP contribution in [0.15, 0.2) is 47.2 Å². The van der Waals surface area contributed by atoms with Crippen LogP contribution in [0.25, 0.3) is 6.08 Å². The molecule has 0 aliphatic rings. The van der Waals surface area contributed by atoms with Crippen LogP contribution < -0.4 is 5.32 Å². The van der Waals surface area contributed by atoms with Crippen molar-refractivity contribution < 1.29 is 9.72 Å². The smallest absolute Gasteiger partial charge is 0.270 e. The second kappa shape index (κ2) is 8.37. The van der Waals surface area contributed by atoms with Crippen LogP contribution in [0.4, 0.5) is 5.69 Å². The van der Waals surface area contributed by atoms with E-state index < -0.39 is 4.92 Å². The lowest BCUT2D eigenvalue weighted by Gasteiger charge is -2.23. The van der Waals surface area contributed by atoms with E-state index in [9.17, 15) is 14.9 Å². The Morgan fingerprint density at radius 3 is 2.83 bits per heavy atom. The number of carbonyl (C=O) groups is 1. The summed E-state index contributed by atoms with van der Waals surface area (Å²) in [5, 5.41) is 17.7. The summed E-state index contributed by atoms with van der Waals surface area (Å²) in [6, 6.07) is 8.29. The number of hydrogen-bond acceptors (Lipinski definition) is 5. The Labute approximate surface area is 144 Å². The lowest BCUT2D eigenvalue weighted by molar-refractivity contribution is -0.384. The van der Waals surface area contributed by atoms with Crippen LogP contribution in [-0.2, 0) is 4.79 Å². The molecular weight excluding hydrogens is 326 g/mol. The first-order valence-corrected chi connectivity index (χ1v) is 8.30. The maximum Gasteiger partial charge on any atom is 0.270 e. The molecule has 0 aliphatic heterocycles. The van der Waals surface area contributed by atoms with Crippen molar-refractivity contribution in [1.29, 1.82) is 0 Å². The number of non-ortho nitro benzene ring substituents is 1. The van der Waals surface area contributed by atoms with E-state index >= 15 is 0 Å². The molecule has 7 heteroatoms. The monoisotopic (exact) mass is 345 g/mol. The minimum absolute atomic E-state index is 0.00249. The molecule has 1 atom stereocenters. The van der Waals surface area contributed by atoms with Gasteiger partial charge >= 0.3 is 0 Å². The summed E-state index contributed by atoms with van der Waals surface area (Å²) in [5.41, 5.74) is 1.77. The van der Waals surface area contributed by atoms with Crippen molar-refractivity contribution in [3.63, 3.8) is 0 Å². The number of amides is 1. The fourth-order valence-corrected chi connectivity index (χ4v) is 2.94. The predicted molar refractivity (Wildman–Crippen MR) is 95.9 cm³/mol. The fourth-order valence-electron chi connectivity index (χ4n) is 2.23. The average molecular weight is 345 g/mol. The molecule has 1 heterocycles. The first kappa shape index (κ1) is 17.8. The fraction of sp³-hybridized carbons (Fsp3) is 0.235. The molecule has 1 aromatic heterocycles. The van der Waals surface area contributed by atoms with Crippen LogP contribution in [0.3, 0.4) is 0 Å². The van der Waals surface area contributed by atoms with Gasteiger partial charge in [-0.1, -0.05) is 12.1 Å². The number of thiophene rings is 1. The van der Waals surface area contributed by atoms with Gasteiger partial charge in [0.15, 0.2) is 0 Å². The van der Waals surface area contributed by atoms with Gasteiger partial charge in [0.25, 0.3) is 5.69 Å². The van der Waals surface area contributed by atoms with Crippen LogP contribution in [0, 0.1) is 10.1 Å². The molecule has 6 nitrogen and oxygen atoms in total. The first-order valence-electron chi connectivity index (χ1n) is 7.36. The van der Waals surface area contributed by atoms with Crippen LogP contribution in [0.2, 0.25) is 0 Å². The Balaban J connectivity index is 1.95. The summed E-state index contributed by atoms with van der Waals surface area (Å²) in [7, 11) is 3.93. The minimum Gasteiger partial charge on any atom is -0.351 e. The van der Waals surface area contributed by atoms with E-state index in [2.05, 4.69) is 10.7 Å². The Hall–Kier alpha value is -2.51. The predicted octanol–water partition coefficient (Wildman–Crippen LogP) is 3.09. The van der Waals surface area contributed by atoms with E-state index in [1.54, 1.807) is 29.5 Å². The first-order chi connectivity index (χ1) is 11.5. The molecule has 1 aromatic carbocycles. The maximum absolute atomic E-state index is 12.0. The van der Waals surface area contributed by atoms with E-state index in [0.29, 0.717) is 12.1 Å². The molecule has 24 heavy (non-hydrogen) atoms. The van der Waals surface area contributed by atoms with Gasteiger partial charge in [-0.25, -0.2) is 0 Å². The number of nitrogens with zero attached hydrogens (tertiary/aromatic N) is 2. The summed E-state index contributed by atoms with van der Waals surface area (Å²) < 4.78 is 0.